The molecule has 4 aliphatic rings. The van der Waals surface area contributed by atoms with E-state index in [-0.39, 0.29) is 39.6 Å². The van der Waals surface area contributed by atoms with Gasteiger partial charge in [-0.05, 0) is 33.4 Å². The standard InChI is InChI=1S/C82H90O31/c1-47(83)101-67-69(103-49(3)85)75(105-51(5)87)81(107-53(7)89)111-71(67)77(91)99-45-61-63(93-39-55-27-15-9-16-28-55)65(95-41-57-31-19-11-20-32-57)73(97-43-59-35-23-13-24-36-59)79(109-61)113-80-74(98-44-60-37-25-14-26-38-60)66(96-42-58-33-21-12-22-34-58)64(94-40-56-29-17-10-18-30-56)62(110-80)46-100-78(92)72-68(102-48(2)84)70(104-50(4)86)76(106-52(6)88)82(112-72)108-54(8)90/h9-38,61-76,79-82H,39-46H2,1-8H3/t61?,62?,63-,64+,65+,66?,67+,68-,69?,70-,71?,72?,73?,74?,75+,76?,79-,80-,81-,82-/m0/s1. The Morgan fingerprint density at radius 3 is 0.708 bits per heavy atom. The molecular formula is C82H90O31. The van der Waals surface area contributed by atoms with Crippen LogP contribution in [0.5, 0.6) is 0 Å². The van der Waals surface area contributed by atoms with E-state index in [1.165, 1.54) is 0 Å². The summed E-state index contributed by atoms with van der Waals surface area (Å²) in [5.74, 6) is -10.6. The van der Waals surface area contributed by atoms with Crippen molar-refractivity contribution in [1.82, 2.24) is 0 Å². The van der Waals surface area contributed by atoms with Crippen LogP contribution in [0.25, 0.3) is 0 Å². The van der Waals surface area contributed by atoms with Gasteiger partial charge in [-0.25, -0.2) is 9.59 Å². The van der Waals surface area contributed by atoms with E-state index in [4.69, 9.17) is 99.5 Å². The van der Waals surface area contributed by atoms with Crippen LogP contribution in [-0.4, -0.2) is 196 Å². The molecule has 20 atom stereocenters. The number of hydrogen-bond donors (Lipinski definition) is 0. The molecule has 10 rings (SSSR count). The van der Waals surface area contributed by atoms with Crippen LogP contribution in [-0.2, 0) is 187 Å². The maximum atomic E-state index is 15.2. The second kappa shape index (κ2) is 41.9. The van der Waals surface area contributed by atoms with E-state index < -0.39 is 196 Å². The minimum atomic E-state index is -2.11. The molecule has 6 aromatic rings. The summed E-state index contributed by atoms with van der Waals surface area (Å²) in [5.41, 5.74) is 4.03. The van der Waals surface area contributed by atoms with Gasteiger partial charge in [0.1, 0.15) is 62.0 Å². The Kier molecular flexibility index (Phi) is 31.5. The molecule has 4 saturated heterocycles. The maximum Gasteiger partial charge on any atom is 0.339 e. The molecule has 113 heavy (non-hydrogen) atoms. The van der Waals surface area contributed by atoms with Crippen LogP contribution in [0.3, 0.4) is 0 Å². The lowest BCUT2D eigenvalue weighted by atomic mass is 9.96. The lowest BCUT2D eigenvalue weighted by molar-refractivity contribution is -0.394. The average molecular weight is 1570 g/mol. The van der Waals surface area contributed by atoms with Gasteiger partial charge < -0.3 is 99.5 Å². The van der Waals surface area contributed by atoms with Crippen molar-refractivity contribution >= 4 is 59.7 Å². The molecule has 0 aromatic heterocycles. The predicted octanol–water partition coefficient (Wildman–Crippen LogP) is 7.22. The molecule has 0 radical (unpaired) electrons. The second-order valence-corrected chi connectivity index (χ2v) is 26.6. The molecule has 0 N–H and O–H groups in total. The molecule has 604 valence electrons. The highest BCUT2D eigenvalue weighted by Gasteiger charge is 2.60. The van der Waals surface area contributed by atoms with Crippen molar-refractivity contribution < 1.29 is 147 Å². The summed E-state index contributed by atoms with van der Waals surface area (Å²) >= 11 is 0. The van der Waals surface area contributed by atoms with Crippen molar-refractivity contribution in [1.29, 1.82) is 0 Å². The molecule has 0 spiro atoms. The SMILES string of the molecule is CC(=O)OC1[C@@H](OC(C)=O)C(C(=O)OCC2O[C@@H](O[C@@H]3OC(COC(=O)C4O[C@H](OC(C)=O)C(OC(C)=O)[C@@H](OC(C)=O)[C@@H]4OC(C)=O)[C@@H](OCc4ccccc4)C(OCc4ccccc4)C3OCc3ccccc3)C(OCc3ccccc3)[C@H](OCc3ccccc3)[C@H]2OCc2ccccc2)O[C@H](OC(C)=O)[C@@H]1OC(C)=O. The van der Waals surface area contributed by atoms with Gasteiger partial charge in [0.15, 0.2) is 49.2 Å². The Morgan fingerprint density at radius 1 is 0.239 bits per heavy atom. The summed E-state index contributed by atoms with van der Waals surface area (Å²) < 4.78 is 133. The molecule has 31 nitrogen and oxygen atoms in total. The largest absolute Gasteiger partial charge is 0.461 e. The van der Waals surface area contributed by atoms with Gasteiger partial charge in [0, 0.05) is 55.4 Å². The summed E-state index contributed by atoms with van der Waals surface area (Å²) in [6.45, 7) is 5.55. The van der Waals surface area contributed by atoms with E-state index in [1.54, 1.807) is 24.3 Å². The Bertz CT molecular complexity index is 3820. The fourth-order valence-electron chi connectivity index (χ4n) is 13.0. The number of carbonyl (C=O) groups excluding carboxylic acids is 10. The normalized spacial score (nSPS) is 27.3. The first-order valence-corrected chi connectivity index (χ1v) is 36.4. The van der Waals surface area contributed by atoms with Crippen LogP contribution < -0.4 is 0 Å². The van der Waals surface area contributed by atoms with Crippen molar-refractivity contribution in [3.8, 4) is 0 Å². The highest BCUT2D eigenvalue weighted by Crippen LogP contribution is 2.39. The van der Waals surface area contributed by atoms with Crippen molar-refractivity contribution in [3.63, 3.8) is 0 Å². The molecule has 0 amide bonds. The summed E-state index contributed by atoms with van der Waals surface area (Å²) in [4.78, 5) is 133. The highest BCUT2D eigenvalue weighted by molar-refractivity contribution is 5.79. The van der Waals surface area contributed by atoms with Gasteiger partial charge in [0.05, 0.1) is 39.6 Å². The number of carbonyl (C=O) groups is 10. The fourth-order valence-corrected chi connectivity index (χ4v) is 13.0. The number of benzene rings is 6. The number of rotatable bonds is 34. The van der Waals surface area contributed by atoms with Crippen molar-refractivity contribution in [2.45, 2.75) is 218 Å². The molecule has 9 unspecified atom stereocenters. The Balaban J connectivity index is 1.11. The summed E-state index contributed by atoms with van der Waals surface area (Å²) in [6, 6.07) is 54.4. The van der Waals surface area contributed by atoms with Crippen LogP contribution in [0.1, 0.15) is 88.8 Å². The van der Waals surface area contributed by atoms with Crippen molar-refractivity contribution in [3.05, 3.63) is 215 Å². The van der Waals surface area contributed by atoms with Crippen molar-refractivity contribution in [2.24, 2.45) is 0 Å². The summed E-state index contributed by atoms with van der Waals surface area (Å²) in [7, 11) is 0. The van der Waals surface area contributed by atoms with Crippen LogP contribution in [0.4, 0.5) is 0 Å². The molecule has 4 aliphatic heterocycles. The highest BCUT2D eigenvalue weighted by atomic mass is 16.8. The molecule has 0 saturated carbocycles. The lowest BCUT2D eigenvalue weighted by Gasteiger charge is -2.49. The smallest absolute Gasteiger partial charge is 0.339 e. The van der Waals surface area contributed by atoms with Crippen molar-refractivity contribution in [2.75, 3.05) is 13.2 Å². The third-order valence-corrected chi connectivity index (χ3v) is 17.8. The molecular weight excluding hydrogens is 1480 g/mol. The summed E-state index contributed by atoms with van der Waals surface area (Å²) in [6.07, 6.45) is -34.2. The number of ether oxygens (including phenoxy) is 21. The minimum Gasteiger partial charge on any atom is -0.461 e. The topological polar surface area (TPSA) is 365 Å². The number of hydrogen-bond acceptors (Lipinski definition) is 31. The first-order chi connectivity index (χ1) is 54.4. The van der Waals surface area contributed by atoms with E-state index in [0.29, 0.717) is 33.4 Å². The summed E-state index contributed by atoms with van der Waals surface area (Å²) in [5, 5.41) is 0. The maximum absolute atomic E-state index is 15.2. The zero-order valence-electron chi connectivity index (χ0n) is 63.2. The van der Waals surface area contributed by atoms with Crippen LogP contribution in [0.15, 0.2) is 182 Å². The average Bonchev–Trinajstić information content (AvgIpc) is 1.68. The van der Waals surface area contributed by atoms with E-state index >= 15 is 9.59 Å². The van der Waals surface area contributed by atoms with Gasteiger partial charge in [0.2, 0.25) is 24.8 Å². The first kappa shape index (κ1) is 85.0. The van der Waals surface area contributed by atoms with E-state index in [9.17, 15) is 38.4 Å². The van der Waals surface area contributed by atoms with Gasteiger partial charge in [-0.1, -0.05) is 182 Å². The molecule has 4 heterocycles. The Labute approximate surface area is 650 Å². The third kappa shape index (κ3) is 24.8. The van der Waals surface area contributed by atoms with Crippen LogP contribution >= 0.6 is 0 Å². The number of esters is 10. The second-order valence-electron chi connectivity index (χ2n) is 26.6. The Hall–Kier alpha value is -10.4. The first-order valence-electron chi connectivity index (χ1n) is 36.4. The zero-order chi connectivity index (χ0) is 80.5. The van der Waals surface area contributed by atoms with E-state index in [2.05, 4.69) is 0 Å². The molecule has 0 aliphatic carbocycles. The van der Waals surface area contributed by atoms with Gasteiger partial charge in [-0.15, -0.1) is 0 Å². The minimum absolute atomic E-state index is 0.123. The van der Waals surface area contributed by atoms with Gasteiger partial charge in [-0.2, -0.15) is 0 Å². The lowest BCUT2D eigenvalue weighted by Crippen LogP contribution is -2.66. The Morgan fingerprint density at radius 2 is 0.460 bits per heavy atom. The quantitative estimate of drug-likeness (QED) is 0.0284. The molecule has 31 heteroatoms. The zero-order valence-corrected chi connectivity index (χ0v) is 63.2. The molecule has 4 fully saturated rings. The fraction of sp³-hybridized carbons (Fsp3) is 0.439. The third-order valence-electron chi connectivity index (χ3n) is 17.8. The van der Waals surface area contributed by atoms with Gasteiger partial charge in [0.25, 0.3) is 0 Å². The monoisotopic (exact) mass is 1570 g/mol. The van der Waals surface area contributed by atoms with E-state index in [1.807, 2.05) is 158 Å². The van der Waals surface area contributed by atoms with E-state index in [0.717, 1.165) is 55.4 Å². The van der Waals surface area contributed by atoms with Crippen LogP contribution in [0, 0.1) is 0 Å². The predicted molar refractivity (Wildman–Crippen MR) is 385 cm³/mol. The van der Waals surface area contributed by atoms with Gasteiger partial charge in [-0.3, -0.25) is 38.4 Å². The van der Waals surface area contributed by atoms with Crippen LogP contribution in [0.2, 0.25) is 0 Å². The molecule has 0 bridgehead atoms. The van der Waals surface area contributed by atoms with Gasteiger partial charge >= 0.3 is 59.7 Å². The molecule has 6 aromatic carbocycles.